The van der Waals surface area contributed by atoms with Gasteiger partial charge in [-0.3, -0.25) is 14.9 Å². The molecular weight excluding hydrogens is 266 g/mol. The lowest BCUT2D eigenvalue weighted by Gasteiger charge is -2.18. The highest BCUT2D eigenvalue weighted by molar-refractivity contribution is 6.22. The monoisotopic (exact) mass is 289 g/mol. The van der Waals surface area contributed by atoms with Crippen molar-refractivity contribution >= 4 is 11.8 Å². The fraction of sp³-hybridized carbons (Fsp3) is 0.529. The molecule has 21 heavy (non-hydrogen) atoms. The van der Waals surface area contributed by atoms with Gasteiger partial charge in [-0.2, -0.15) is 0 Å². The molecule has 1 atom stereocenters. The number of unbranched alkanes of at least 4 members (excludes halogenated alkanes) is 2. The Labute approximate surface area is 125 Å². The molecule has 0 saturated heterocycles. The van der Waals surface area contributed by atoms with Crippen molar-refractivity contribution in [2.75, 3.05) is 6.61 Å². The highest BCUT2D eigenvalue weighted by atomic mass is 16.5. The average molecular weight is 289 g/mol. The minimum Gasteiger partial charge on any atom is -0.378 e. The normalized spacial score (nSPS) is 15.0. The van der Waals surface area contributed by atoms with Gasteiger partial charge in [0.2, 0.25) is 0 Å². The number of fused-ring (bicyclic) bond motifs is 1. The van der Waals surface area contributed by atoms with E-state index in [1.807, 2.05) is 19.1 Å². The SMILES string of the molecule is CCCCCC(Cc1cccc2c1C(=O)NC2=O)OCC. The summed E-state index contributed by atoms with van der Waals surface area (Å²) in [5.41, 5.74) is 1.93. The van der Waals surface area contributed by atoms with Crippen LogP contribution in [-0.4, -0.2) is 24.5 Å². The van der Waals surface area contributed by atoms with Gasteiger partial charge >= 0.3 is 0 Å². The Balaban J connectivity index is 2.14. The standard InChI is InChI=1S/C17H23NO3/c1-3-5-6-9-13(21-4-2)11-12-8-7-10-14-15(12)17(20)18-16(14)19/h7-8,10,13H,3-6,9,11H2,1-2H3,(H,18,19,20). The smallest absolute Gasteiger partial charge is 0.259 e. The molecule has 4 heteroatoms. The summed E-state index contributed by atoms with van der Waals surface area (Å²) in [5.74, 6) is -0.579. The summed E-state index contributed by atoms with van der Waals surface area (Å²) in [6, 6.07) is 5.45. The number of ether oxygens (including phenoxy) is 1. The van der Waals surface area contributed by atoms with Crippen LogP contribution in [-0.2, 0) is 11.2 Å². The maximum atomic E-state index is 11.9. The van der Waals surface area contributed by atoms with Crippen LogP contribution in [0, 0.1) is 0 Å². The Bertz CT molecular complexity index is 525. The van der Waals surface area contributed by atoms with E-state index in [1.54, 1.807) is 6.07 Å². The molecule has 2 rings (SSSR count). The number of carbonyl (C=O) groups is 2. The van der Waals surface area contributed by atoms with Crippen LogP contribution in [0.5, 0.6) is 0 Å². The van der Waals surface area contributed by atoms with Gasteiger partial charge in [-0.15, -0.1) is 0 Å². The molecular formula is C17H23NO3. The van der Waals surface area contributed by atoms with E-state index in [0.717, 1.165) is 18.4 Å². The maximum absolute atomic E-state index is 11.9. The third-order valence-electron chi connectivity index (χ3n) is 3.83. The van der Waals surface area contributed by atoms with Gasteiger partial charge in [-0.25, -0.2) is 0 Å². The Hall–Kier alpha value is -1.68. The molecule has 1 aliphatic rings. The largest absolute Gasteiger partial charge is 0.378 e. The Kier molecular flexibility index (Phi) is 5.51. The first-order valence-electron chi connectivity index (χ1n) is 7.76. The summed E-state index contributed by atoms with van der Waals surface area (Å²) in [7, 11) is 0. The first kappa shape index (κ1) is 15.7. The van der Waals surface area contributed by atoms with Gasteiger partial charge in [0, 0.05) is 6.61 Å². The van der Waals surface area contributed by atoms with Gasteiger partial charge in [0.1, 0.15) is 0 Å². The quantitative estimate of drug-likeness (QED) is 0.591. The van der Waals surface area contributed by atoms with Gasteiger partial charge < -0.3 is 4.74 Å². The maximum Gasteiger partial charge on any atom is 0.259 e. The van der Waals surface area contributed by atoms with Crippen LogP contribution in [0.1, 0.15) is 65.8 Å². The molecule has 0 saturated carbocycles. The lowest BCUT2D eigenvalue weighted by Crippen LogP contribution is -2.21. The van der Waals surface area contributed by atoms with Crippen molar-refractivity contribution in [3.8, 4) is 0 Å². The van der Waals surface area contributed by atoms with E-state index < -0.39 is 0 Å². The average Bonchev–Trinajstić information content (AvgIpc) is 2.75. The van der Waals surface area contributed by atoms with Gasteiger partial charge in [-0.1, -0.05) is 38.3 Å². The second kappa shape index (κ2) is 7.36. The summed E-state index contributed by atoms with van der Waals surface area (Å²) < 4.78 is 5.80. The molecule has 114 valence electrons. The fourth-order valence-corrected chi connectivity index (χ4v) is 2.81. The van der Waals surface area contributed by atoms with Crippen molar-refractivity contribution in [3.63, 3.8) is 0 Å². The minimum absolute atomic E-state index is 0.108. The number of benzene rings is 1. The molecule has 0 aromatic heterocycles. The zero-order valence-electron chi connectivity index (χ0n) is 12.8. The van der Waals surface area contributed by atoms with Crippen molar-refractivity contribution in [3.05, 3.63) is 34.9 Å². The number of nitrogens with one attached hydrogen (secondary N) is 1. The summed E-state index contributed by atoms with van der Waals surface area (Å²) in [5, 5.41) is 2.36. The first-order chi connectivity index (χ1) is 10.2. The molecule has 0 aliphatic carbocycles. The summed E-state index contributed by atoms with van der Waals surface area (Å²) >= 11 is 0. The predicted molar refractivity (Wildman–Crippen MR) is 81.5 cm³/mol. The van der Waals surface area contributed by atoms with Crippen LogP contribution >= 0.6 is 0 Å². The van der Waals surface area contributed by atoms with Crippen LogP contribution in [0.4, 0.5) is 0 Å². The van der Waals surface area contributed by atoms with E-state index in [4.69, 9.17) is 4.74 Å². The van der Waals surface area contributed by atoms with Crippen LogP contribution in [0.25, 0.3) is 0 Å². The second-order valence-electron chi connectivity index (χ2n) is 5.40. The number of hydrogen-bond donors (Lipinski definition) is 1. The van der Waals surface area contributed by atoms with Crippen LogP contribution in [0.15, 0.2) is 18.2 Å². The summed E-state index contributed by atoms with van der Waals surface area (Å²) in [6.45, 7) is 4.82. The molecule has 1 aromatic rings. The topological polar surface area (TPSA) is 55.4 Å². The Morgan fingerprint density at radius 1 is 1.14 bits per heavy atom. The van der Waals surface area contributed by atoms with Crippen molar-refractivity contribution in [2.45, 2.75) is 52.1 Å². The summed E-state index contributed by atoms with van der Waals surface area (Å²) in [4.78, 5) is 23.6. The minimum atomic E-state index is -0.296. The highest BCUT2D eigenvalue weighted by Gasteiger charge is 2.29. The van der Waals surface area contributed by atoms with Crippen LogP contribution in [0.3, 0.4) is 0 Å². The van der Waals surface area contributed by atoms with Gasteiger partial charge in [-0.05, 0) is 31.4 Å². The molecule has 0 radical (unpaired) electrons. The van der Waals surface area contributed by atoms with Gasteiger partial charge in [0.15, 0.2) is 0 Å². The predicted octanol–water partition coefficient (Wildman–Crippen LogP) is 3.10. The molecule has 2 amide bonds. The Morgan fingerprint density at radius 3 is 2.67 bits per heavy atom. The molecule has 0 fully saturated rings. The van der Waals surface area contributed by atoms with Crippen LogP contribution < -0.4 is 5.32 Å². The first-order valence-corrected chi connectivity index (χ1v) is 7.76. The molecule has 0 bridgehead atoms. The zero-order chi connectivity index (χ0) is 15.2. The third-order valence-corrected chi connectivity index (χ3v) is 3.83. The zero-order valence-corrected chi connectivity index (χ0v) is 12.8. The molecule has 1 unspecified atom stereocenters. The molecule has 1 aromatic carbocycles. The van der Waals surface area contributed by atoms with Crippen LogP contribution in [0.2, 0.25) is 0 Å². The summed E-state index contributed by atoms with van der Waals surface area (Å²) in [6.07, 6.45) is 5.27. The molecule has 1 aliphatic heterocycles. The number of imide groups is 1. The third kappa shape index (κ3) is 3.70. The van der Waals surface area contributed by atoms with Crippen molar-refractivity contribution in [2.24, 2.45) is 0 Å². The number of carbonyl (C=O) groups excluding carboxylic acids is 2. The molecule has 0 spiro atoms. The van der Waals surface area contributed by atoms with Crippen molar-refractivity contribution in [1.29, 1.82) is 0 Å². The van der Waals surface area contributed by atoms with E-state index in [0.29, 0.717) is 24.2 Å². The number of hydrogen-bond acceptors (Lipinski definition) is 3. The Morgan fingerprint density at radius 2 is 1.95 bits per heavy atom. The molecule has 1 heterocycles. The number of rotatable bonds is 8. The van der Waals surface area contributed by atoms with Gasteiger partial charge in [0.25, 0.3) is 11.8 Å². The molecule has 4 nitrogen and oxygen atoms in total. The highest BCUT2D eigenvalue weighted by Crippen LogP contribution is 2.23. The van der Waals surface area contributed by atoms with E-state index in [-0.39, 0.29) is 17.9 Å². The second-order valence-corrected chi connectivity index (χ2v) is 5.40. The lowest BCUT2D eigenvalue weighted by atomic mass is 9.96. The molecule has 1 N–H and O–H groups in total. The van der Waals surface area contributed by atoms with E-state index in [1.165, 1.54) is 12.8 Å². The fourth-order valence-electron chi connectivity index (χ4n) is 2.81. The number of amides is 2. The van der Waals surface area contributed by atoms with Crippen molar-refractivity contribution in [1.82, 2.24) is 5.32 Å². The van der Waals surface area contributed by atoms with E-state index in [9.17, 15) is 9.59 Å². The van der Waals surface area contributed by atoms with Crippen molar-refractivity contribution < 1.29 is 14.3 Å². The lowest BCUT2D eigenvalue weighted by molar-refractivity contribution is 0.0551. The van der Waals surface area contributed by atoms with E-state index in [2.05, 4.69) is 12.2 Å². The van der Waals surface area contributed by atoms with E-state index >= 15 is 0 Å². The van der Waals surface area contributed by atoms with Gasteiger partial charge in [0.05, 0.1) is 17.2 Å².